The first kappa shape index (κ1) is 16.0. The smallest absolute Gasteiger partial charge is 0.0473 e. The summed E-state index contributed by atoms with van der Waals surface area (Å²) in [5.74, 6) is 0. The van der Waals surface area contributed by atoms with Crippen LogP contribution in [0.4, 0.5) is 0 Å². The Morgan fingerprint density at radius 2 is 2.15 bits per heavy atom. The van der Waals surface area contributed by atoms with Crippen LogP contribution in [0.2, 0.25) is 0 Å². The maximum absolute atomic E-state index is 6.13. The first-order valence-corrected chi connectivity index (χ1v) is 8.68. The van der Waals surface area contributed by atoms with Crippen LogP contribution in [-0.4, -0.2) is 24.0 Å². The molecule has 112 valence electrons. The molecule has 1 aromatic carbocycles. The minimum absolute atomic E-state index is 0.356. The van der Waals surface area contributed by atoms with E-state index in [4.69, 9.17) is 5.73 Å². The zero-order valence-corrected chi connectivity index (χ0v) is 14.3. The average Bonchev–Trinajstić information content (AvgIpc) is 2.69. The van der Waals surface area contributed by atoms with Gasteiger partial charge in [0.1, 0.15) is 0 Å². The molecule has 2 unspecified atom stereocenters. The third kappa shape index (κ3) is 3.63. The van der Waals surface area contributed by atoms with Gasteiger partial charge in [-0.2, -0.15) is 0 Å². The summed E-state index contributed by atoms with van der Waals surface area (Å²) in [4.78, 5) is 2.66. The van der Waals surface area contributed by atoms with Crippen molar-refractivity contribution in [2.45, 2.75) is 58.0 Å². The molecule has 0 spiro atoms. The second kappa shape index (κ2) is 7.58. The van der Waals surface area contributed by atoms with Crippen LogP contribution in [0.3, 0.4) is 0 Å². The fourth-order valence-electron chi connectivity index (χ4n) is 3.33. The number of hydrogen-bond acceptors (Lipinski definition) is 2. The summed E-state index contributed by atoms with van der Waals surface area (Å²) in [7, 11) is 0. The van der Waals surface area contributed by atoms with Gasteiger partial charge in [-0.1, -0.05) is 47.8 Å². The van der Waals surface area contributed by atoms with E-state index in [0.29, 0.717) is 18.6 Å². The Labute approximate surface area is 131 Å². The van der Waals surface area contributed by atoms with Crippen LogP contribution < -0.4 is 5.73 Å². The minimum atomic E-state index is 0.356. The fraction of sp³-hybridized carbons (Fsp3) is 0.647. The number of hydrogen-bond donors (Lipinski definition) is 1. The molecule has 0 amide bonds. The quantitative estimate of drug-likeness (QED) is 0.880. The summed E-state index contributed by atoms with van der Waals surface area (Å²) >= 11 is 3.66. The number of nitrogens with zero attached hydrogens (tertiary/aromatic N) is 1. The fourth-order valence-corrected chi connectivity index (χ4v) is 3.72. The second-order valence-corrected chi connectivity index (χ2v) is 6.76. The Morgan fingerprint density at radius 1 is 1.35 bits per heavy atom. The third-order valence-corrected chi connectivity index (χ3v) is 5.45. The lowest BCUT2D eigenvalue weighted by Gasteiger charge is -2.36. The summed E-state index contributed by atoms with van der Waals surface area (Å²) < 4.78 is 1.19. The van der Waals surface area contributed by atoms with Gasteiger partial charge in [0, 0.05) is 23.1 Å². The molecule has 0 radical (unpaired) electrons. The molecule has 2 N–H and O–H groups in total. The van der Waals surface area contributed by atoms with Crippen molar-refractivity contribution in [1.29, 1.82) is 0 Å². The normalized spacial score (nSPS) is 22.5. The lowest BCUT2D eigenvalue weighted by atomic mass is 10.00. The molecule has 1 heterocycles. The Balaban J connectivity index is 2.26. The lowest BCUT2D eigenvalue weighted by Crippen LogP contribution is -2.41. The molecule has 3 heteroatoms. The summed E-state index contributed by atoms with van der Waals surface area (Å²) in [5.41, 5.74) is 8.77. The summed E-state index contributed by atoms with van der Waals surface area (Å²) in [6.07, 6.45) is 6.58. The van der Waals surface area contributed by atoms with Gasteiger partial charge in [-0.15, -0.1) is 0 Å². The number of benzene rings is 1. The number of halogens is 1. The van der Waals surface area contributed by atoms with Crippen LogP contribution in [0.15, 0.2) is 22.7 Å². The van der Waals surface area contributed by atoms with Crippen LogP contribution in [0.5, 0.6) is 0 Å². The van der Waals surface area contributed by atoms with Gasteiger partial charge in [-0.25, -0.2) is 0 Å². The van der Waals surface area contributed by atoms with Crippen molar-refractivity contribution in [3.63, 3.8) is 0 Å². The Hall–Kier alpha value is -0.380. The molecule has 0 aromatic heterocycles. The predicted molar refractivity (Wildman–Crippen MR) is 89.9 cm³/mol. The molecule has 1 aromatic rings. The topological polar surface area (TPSA) is 29.3 Å². The van der Waals surface area contributed by atoms with Crippen LogP contribution >= 0.6 is 15.9 Å². The molecule has 1 fully saturated rings. The van der Waals surface area contributed by atoms with E-state index in [1.165, 1.54) is 54.2 Å². The summed E-state index contributed by atoms with van der Waals surface area (Å²) in [6, 6.07) is 7.74. The second-order valence-electron chi connectivity index (χ2n) is 5.91. The zero-order valence-electron chi connectivity index (χ0n) is 12.7. The average molecular weight is 339 g/mol. The van der Waals surface area contributed by atoms with Crippen molar-refractivity contribution in [3.05, 3.63) is 33.8 Å². The first-order chi connectivity index (χ1) is 9.67. The predicted octanol–water partition coefficient (Wildman–Crippen LogP) is 4.41. The molecule has 1 aliphatic heterocycles. The SMILES string of the molecule is CCC1CCCCCN1C(CN)c1ccc(C)c(Br)c1. The van der Waals surface area contributed by atoms with Crippen molar-refractivity contribution in [3.8, 4) is 0 Å². The molecule has 0 aliphatic carbocycles. The molecule has 0 saturated carbocycles. The first-order valence-electron chi connectivity index (χ1n) is 7.89. The number of likely N-dealkylation sites (tertiary alicyclic amines) is 1. The molecule has 0 bridgehead atoms. The van der Waals surface area contributed by atoms with E-state index in [1.807, 2.05) is 0 Å². The molecule has 2 rings (SSSR count). The van der Waals surface area contributed by atoms with Crippen molar-refractivity contribution in [1.82, 2.24) is 4.90 Å². The van der Waals surface area contributed by atoms with Gasteiger partial charge in [0.2, 0.25) is 0 Å². The van der Waals surface area contributed by atoms with Gasteiger partial charge >= 0.3 is 0 Å². The number of nitrogens with two attached hydrogens (primary N) is 1. The highest BCUT2D eigenvalue weighted by Gasteiger charge is 2.27. The van der Waals surface area contributed by atoms with Crippen LogP contribution in [-0.2, 0) is 0 Å². The highest BCUT2D eigenvalue weighted by molar-refractivity contribution is 9.10. The van der Waals surface area contributed by atoms with Crippen LogP contribution in [0.25, 0.3) is 0 Å². The van der Waals surface area contributed by atoms with Crippen molar-refractivity contribution < 1.29 is 0 Å². The standard InChI is InChI=1S/C17H27BrN2/c1-3-15-7-5-4-6-10-20(15)17(12-19)14-9-8-13(2)16(18)11-14/h8-9,11,15,17H,3-7,10,12,19H2,1-2H3. The maximum atomic E-state index is 6.13. The Bertz CT molecular complexity index is 433. The van der Waals surface area contributed by atoms with Gasteiger partial charge < -0.3 is 5.73 Å². The van der Waals surface area contributed by atoms with Gasteiger partial charge in [0.15, 0.2) is 0 Å². The van der Waals surface area contributed by atoms with Gasteiger partial charge in [0.25, 0.3) is 0 Å². The van der Waals surface area contributed by atoms with Gasteiger partial charge in [0.05, 0.1) is 0 Å². The van der Waals surface area contributed by atoms with E-state index in [9.17, 15) is 0 Å². The number of aryl methyl sites for hydroxylation is 1. The largest absolute Gasteiger partial charge is 0.329 e. The van der Waals surface area contributed by atoms with Crippen LogP contribution in [0, 0.1) is 6.92 Å². The molecule has 2 nitrogen and oxygen atoms in total. The summed E-state index contributed by atoms with van der Waals surface area (Å²) in [6.45, 7) is 6.32. The van der Waals surface area contributed by atoms with Crippen molar-refractivity contribution >= 4 is 15.9 Å². The van der Waals surface area contributed by atoms with E-state index in [-0.39, 0.29) is 0 Å². The Morgan fingerprint density at radius 3 is 2.80 bits per heavy atom. The molecular weight excluding hydrogens is 312 g/mol. The highest BCUT2D eigenvalue weighted by atomic mass is 79.9. The van der Waals surface area contributed by atoms with E-state index in [2.05, 4.69) is 52.9 Å². The molecule has 1 saturated heterocycles. The van der Waals surface area contributed by atoms with E-state index >= 15 is 0 Å². The van der Waals surface area contributed by atoms with E-state index < -0.39 is 0 Å². The Kier molecular flexibility index (Phi) is 6.06. The zero-order chi connectivity index (χ0) is 14.5. The molecule has 20 heavy (non-hydrogen) atoms. The molecule has 1 aliphatic rings. The maximum Gasteiger partial charge on any atom is 0.0473 e. The van der Waals surface area contributed by atoms with Crippen LogP contribution in [0.1, 0.15) is 56.2 Å². The molecule has 2 atom stereocenters. The van der Waals surface area contributed by atoms with E-state index in [0.717, 1.165) is 0 Å². The monoisotopic (exact) mass is 338 g/mol. The summed E-state index contributed by atoms with van der Waals surface area (Å²) in [5, 5.41) is 0. The van der Waals surface area contributed by atoms with E-state index in [1.54, 1.807) is 0 Å². The van der Waals surface area contributed by atoms with Crippen molar-refractivity contribution in [2.24, 2.45) is 5.73 Å². The van der Waals surface area contributed by atoms with Gasteiger partial charge in [-0.3, -0.25) is 4.90 Å². The third-order valence-electron chi connectivity index (χ3n) is 4.60. The highest BCUT2D eigenvalue weighted by Crippen LogP contribution is 2.30. The van der Waals surface area contributed by atoms with Gasteiger partial charge in [-0.05, 0) is 49.9 Å². The number of rotatable bonds is 4. The minimum Gasteiger partial charge on any atom is -0.329 e. The molecular formula is C17H27BrN2. The van der Waals surface area contributed by atoms with Crippen molar-refractivity contribution in [2.75, 3.05) is 13.1 Å². The lowest BCUT2D eigenvalue weighted by molar-refractivity contribution is 0.136.